The number of thiophene rings is 1. The third-order valence-electron chi connectivity index (χ3n) is 2.53. The molecule has 2 aromatic rings. The maximum absolute atomic E-state index is 5.36. The van der Waals surface area contributed by atoms with Gasteiger partial charge >= 0.3 is 0 Å². The normalized spacial score (nSPS) is 10.3. The molecule has 0 aliphatic rings. The second-order valence-electron chi connectivity index (χ2n) is 4.20. The highest BCUT2D eigenvalue weighted by Gasteiger charge is 2.08. The highest BCUT2D eigenvalue weighted by Crippen LogP contribution is 2.17. The number of rotatable bonds is 5. The average molecular weight is 279 g/mol. The van der Waals surface area contributed by atoms with Crippen LogP contribution >= 0.6 is 11.3 Å². The van der Waals surface area contributed by atoms with Gasteiger partial charge in [-0.05, 0) is 23.9 Å². The molecule has 19 heavy (non-hydrogen) atoms. The highest BCUT2D eigenvalue weighted by atomic mass is 32.1. The van der Waals surface area contributed by atoms with E-state index in [1.165, 1.54) is 10.4 Å². The molecular formula is C11H17N7S. The van der Waals surface area contributed by atoms with Gasteiger partial charge < -0.3 is 10.2 Å². The standard InChI is InChI=1S/C11H17N7S/c1-7-4-5-19-8(7)6-13-9-14-10(17-12)16-11(15-9)18(2)3/h4-5H,6,12H2,1-3H3,(H2,13,14,15,16,17). The summed E-state index contributed by atoms with van der Waals surface area (Å²) in [5.41, 5.74) is 3.70. The summed E-state index contributed by atoms with van der Waals surface area (Å²) in [6, 6.07) is 2.09. The Bertz CT molecular complexity index is 552. The third kappa shape index (κ3) is 3.30. The summed E-state index contributed by atoms with van der Waals surface area (Å²) in [7, 11) is 3.73. The summed E-state index contributed by atoms with van der Waals surface area (Å²) in [5, 5.41) is 5.25. The number of nitrogens with two attached hydrogens (primary N) is 1. The van der Waals surface area contributed by atoms with Gasteiger partial charge in [-0.25, -0.2) is 5.84 Å². The molecule has 2 heterocycles. The SMILES string of the molecule is Cc1ccsc1CNc1nc(NN)nc(N(C)C)n1. The van der Waals surface area contributed by atoms with Gasteiger partial charge in [0, 0.05) is 19.0 Å². The second-order valence-corrected chi connectivity index (χ2v) is 5.20. The minimum absolute atomic E-state index is 0.337. The first-order chi connectivity index (χ1) is 9.10. The van der Waals surface area contributed by atoms with E-state index in [9.17, 15) is 0 Å². The minimum Gasteiger partial charge on any atom is -0.349 e. The van der Waals surface area contributed by atoms with Crippen molar-refractivity contribution < 1.29 is 0 Å². The van der Waals surface area contributed by atoms with Gasteiger partial charge in [-0.2, -0.15) is 15.0 Å². The molecule has 0 saturated carbocycles. The lowest BCUT2D eigenvalue weighted by molar-refractivity contribution is 0.941. The largest absolute Gasteiger partial charge is 0.349 e. The van der Waals surface area contributed by atoms with Gasteiger partial charge in [0.05, 0.1) is 6.54 Å². The van der Waals surface area contributed by atoms with Crippen LogP contribution in [0.4, 0.5) is 17.8 Å². The van der Waals surface area contributed by atoms with E-state index in [0.29, 0.717) is 24.4 Å². The molecule has 0 aromatic carbocycles. The molecule has 0 aliphatic heterocycles. The number of anilines is 3. The van der Waals surface area contributed by atoms with Crippen molar-refractivity contribution in [3.8, 4) is 0 Å². The summed E-state index contributed by atoms with van der Waals surface area (Å²) in [4.78, 5) is 15.7. The van der Waals surface area contributed by atoms with Crippen LogP contribution in [-0.2, 0) is 6.54 Å². The molecule has 4 N–H and O–H groups in total. The first kappa shape index (κ1) is 13.5. The smallest absolute Gasteiger partial charge is 0.243 e. The van der Waals surface area contributed by atoms with Gasteiger partial charge in [-0.15, -0.1) is 11.3 Å². The topological polar surface area (TPSA) is 92.0 Å². The molecule has 8 heteroatoms. The Hall–Kier alpha value is -1.93. The Morgan fingerprint density at radius 3 is 2.58 bits per heavy atom. The molecule has 0 radical (unpaired) electrons. The fourth-order valence-electron chi connectivity index (χ4n) is 1.45. The number of hydrazine groups is 1. The molecule has 7 nitrogen and oxygen atoms in total. The molecule has 0 atom stereocenters. The predicted molar refractivity (Wildman–Crippen MR) is 78.3 cm³/mol. The molecule has 0 amide bonds. The fraction of sp³-hybridized carbons (Fsp3) is 0.364. The highest BCUT2D eigenvalue weighted by molar-refractivity contribution is 7.10. The van der Waals surface area contributed by atoms with E-state index < -0.39 is 0 Å². The third-order valence-corrected chi connectivity index (χ3v) is 3.55. The molecule has 2 rings (SSSR count). The van der Waals surface area contributed by atoms with Crippen LogP contribution in [0.5, 0.6) is 0 Å². The van der Waals surface area contributed by atoms with Crippen LogP contribution in [0.15, 0.2) is 11.4 Å². The van der Waals surface area contributed by atoms with Gasteiger partial charge in [-0.1, -0.05) is 0 Å². The zero-order valence-electron chi connectivity index (χ0n) is 11.1. The van der Waals surface area contributed by atoms with E-state index in [4.69, 9.17) is 5.84 Å². The summed E-state index contributed by atoms with van der Waals surface area (Å²) >= 11 is 1.70. The minimum atomic E-state index is 0.337. The van der Waals surface area contributed by atoms with E-state index in [1.54, 1.807) is 16.2 Å². The molecule has 2 aromatic heterocycles. The molecular weight excluding hydrogens is 262 g/mol. The number of nitrogens with one attached hydrogen (secondary N) is 2. The number of hydrogen-bond donors (Lipinski definition) is 3. The number of hydrogen-bond acceptors (Lipinski definition) is 8. The van der Waals surface area contributed by atoms with Crippen molar-refractivity contribution in [2.45, 2.75) is 13.5 Å². The van der Waals surface area contributed by atoms with Crippen LogP contribution in [0.2, 0.25) is 0 Å². The van der Waals surface area contributed by atoms with Crippen molar-refractivity contribution in [3.63, 3.8) is 0 Å². The predicted octanol–water partition coefficient (Wildman–Crippen LogP) is 1.21. The quantitative estimate of drug-likeness (QED) is 0.559. The Morgan fingerprint density at radius 2 is 2.00 bits per heavy atom. The van der Waals surface area contributed by atoms with Crippen molar-refractivity contribution in [2.24, 2.45) is 5.84 Å². The lowest BCUT2D eigenvalue weighted by Gasteiger charge is -2.13. The van der Waals surface area contributed by atoms with Crippen molar-refractivity contribution >= 4 is 29.2 Å². The van der Waals surface area contributed by atoms with Gasteiger partial charge in [0.1, 0.15) is 0 Å². The second kappa shape index (κ2) is 5.81. The van der Waals surface area contributed by atoms with Crippen molar-refractivity contribution in [2.75, 3.05) is 29.7 Å². The van der Waals surface area contributed by atoms with Gasteiger partial charge in [0.15, 0.2) is 0 Å². The zero-order valence-corrected chi connectivity index (χ0v) is 12.0. The zero-order chi connectivity index (χ0) is 13.8. The number of aryl methyl sites for hydroxylation is 1. The fourth-order valence-corrected chi connectivity index (χ4v) is 2.30. The van der Waals surface area contributed by atoms with Crippen LogP contribution in [0.25, 0.3) is 0 Å². The Labute approximate surface area is 115 Å². The van der Waals surface area contributed by atoms with Gasteiger partial charge in [0.2, 0.25) is 17.8 Å². The summed E-state index contributed by atoms with van der Waals surface area (Å²) in [6.45, 7) is 2.77. The van der Waals surface area contributed by atoms with Gasteiger partial charge in [0.25, 0.3) is 0 Å². The van der Waals surface area contributed by atoms with Crippen molar-refractivity contribution in [1.82, 2.24) is 15.0 Å². The molecule has 0 saturated heterocycles. The maximum atomic E-state index is 5.36. The van der Waals surface area contributed by atoms with E-state index in [-0.39, 0.29) is 0 Å². The van der Waals surface area contributed by atoms with Gasteiger partial charge in [-0.3, -0.25) is 5.43 Å². The van der Waals surface area contributed by atoms with Crippen LogP contribution in [0.1, 0.15) is 10.4 Å². The Balaban J connectivity index is 2.15. The lowest BCUT2D eigenvalue weighted by Crippen LogP contribution is -2.19. The molecule has 0 unspecified atom stereocenters. The monoisotopic (exact) mass is 279 g/mol. The summed E-state index contributed by atoms with van der Waals surface area (Å²) in [5.74, 6) is 6.74. The molecule has 0 fully saturated rings. The Morgan fingerprint density at radius 1 is 1.26 bits per heavy atom. The first-order valence-electron chi connectivity index (χ1n) is 5.77. The van der Waals surface area contributed by atoms with E-state index in [2.05, 4.69) is 44.1 Å². The van der Waals surface area contributed by atoms with E-state index in [1.807, 2.05) is 14.1 Å². The van der Waals surface area contributed by atoms with Crippen molar-refractivity contribution in [1.29, 1.82) is 0 Å². The molecule has 0 aliphatic carbocycles. The van der Waals surface area contributed by atoms with Crippen LogP contribution < -0.4 is 21.5 Å². The van der Waals surface area contributed by atoms with E-state index in [0.717, 1.165) is 0 Å². The molecule has 0 bridgehead atoms. The lowest BCUT2D eigenvalue weighted by atomic mass is 10.3. The van der Waals surface area contributed by atoms with Crippen LogP contribution in [0.3, 0.4) is 0 Å². The average Bonchev–Trinajstić information content (AvgIpc) is 2.81. The van der Waals surface area contributed by atoms with E-state index >= 15 is 0 Å². The van der Waals surface area contributed by atoms with Crippen LogP contribution in [-0.4, -0.2) is 29.0 Å². The van der Waals surface area contributed by atoms with Crippen LogP contribution in [0, 0.1) is 6.92 Å². The Kier molecular flexibility index (Phi) is 4.13. The number of nitrogens with zero attached hydrogens (tertiary/aromatic N) is 4. The maximum Gasteiger partial charge on any atom is 0.243 e. The number of aromatic nitrogens is 3. The molecule has 102 valence electrons. The first-order valence-corrected chi connectivity index (χ1v) is 6.65. The molecule has 0 spiro atoms. The number of nitrogen functional groups attached to an aromatic ring is 1. The van der Waals surface area contributed by atoms with Crippen molar-refractivity contribution in [3.05, 3.63) is 21.9 Å². The summed E-state index contributed by atoms with van der Waals surface area (Å²) in [6.07, 6.45) is 0. The summed E-state index contributed by atoms with van der Waals surface area (Å²) < 4.78 is 0.